The standard InChI is InChI=1S/C14H26N4S2/c1-10-12(20-11(2)18-10)7-8-16-13(15-5)17-9-14(3,4)19-6/h7-9H2,1-6H3,(H2,15,16,17). The monoisotopic (exact) mass is 314 g/mol. The number of hydrogen-bond donors (Lipinski definition) is 2. The van der Waals surface area contributed by atoms with Crippen molar-refractivity contribution in [1.29, 1.82) is 0 Å². The minimum Gasteiger partial charge on any atom is -0.356 e. The molecule has 0 fully saturated rings. The summed E-state index contributed by atoms with van der Waals surface area (Å²) in [6.45, 7) is 10.4. The fourth-order valence-corrected chi connectivity index (χ4v) is 2.84. The summed E-state index contributed by atoms with van der Waals surface area (Å²) in [5.41, 5.74) is 1.15. The average Bonchev–Trinajstić information content (AvgIpc) is 2.72. The predicted octanol–water partition coefficient (Wildman–Crippen LogP) is 2.61. The van der Waals surface area contributed by atoms with Crippen LogP contribution in [0.3, 0.4) is 0 Å². The second kappa shape index (κ2) is 7.88. The molecule has 1 heterocycles. The molecular weight excluding hydrogens is 288 g/mol. The summed E-state index contributed by atoms with van der Waals surface area (Å²) in [6.07, 6.45) is 3.12. The Bertz CT molecular complexity index is 452. The maximum absolute atomic E-state index is 4.45. The molecule has 0 radical (unpaired) electrons. The molecule has 0 aliphatic rings. The summed E-state index contributed by atoms with van der Waals surface area (Å²) in [7, 11) is 1.81. The van der Waals surface area contributed by atoms with Crippen molar-refractivity contribution in [3.63, 3.8) is 0 Å². The Morgan fingerprint density at radius 2 is 2.05 bits per heavy atom. The zero-order chi connectivity index (χ0) is 15.2. The first kappa shape index (κ1) is 17.3. The fourth-order valence-electron chi connectivity index (χ4n) is 1.69. The fraction of sp³-hybridized carbons (Fsp3) is 0.714. The molecule has 20 heavy (non-hydrogen) atoms. The third kappa shape index (κ3) is 5.71. The number of rotatable bonds is 6. The summed E-state index contributed by atoms with van der Waals surface area (Å²) in [5.74, 6) is 0.867. The van der Waals surface area contributed by atoms with E-state index in [1.807, 2.05) is 18.8 Å². The number of aromatic nitrogens is 1. The van der Waals surface area contributed by atoms with E-state index in [0.717, 1.165) is 36.2 Å². The van der Waals surface area contributed by atoms with Crippen LogP contribution in [-0.2, 0) is 6.42 Å². The third-order valence-electron chi connectivity index (χ3n) is 3.10. The quantitative estimate of drug-likeness (QED) is 0.626. The van der Waals surface area contributed by atoms with Crippen LogP contribution in [0.2, 0.25) is 0 Å². The van der Waals surface area contributed by atoms with Crippen LogP contribution in [0.1, 0.15) is 29.4 Å². The Balaban J connectivity index is 2.37. The summed E-state index contributed by atoms with van der Waals surface area (Å²) in [5, 5.41) is 7.87. The minimum absolute atomic E-state index is 0.211. The van der Waals surface area contributed by atoms with Gasteiger partial charge in [0.15, 0.2) is 5.96 Å². The van der Waals surface area contributed by atoms with Crippen molar-refractivity contribution in [2.75, 3.05) is 26.4 Å². The minimum atomic E-state index is 0.211. The van der Waals surface area contributed by atoms with Gasteiger partial charge < -0.3 is 10.6 Å². The average molecular weight is 315 g/mol. The number of guanidine groups is 1. The molecular formula is C14H26N4S2. The van der Waals surface area contributed by atoms with Crippen LogP contribution >= 0.6 is 23.1 Å². The zero-order valence-corrected chi connectivity index (χ0v) is 15.0. The Hall–Kier alpha value is -0.750. The first-order chi connectivity index (χ1) is 9.38. The maximum Gasteiger partial charge on any atom is 0.191 e. The molecule has 0 aliphatic heterocycles. The molecule has 0 aromatic carbocycles. The molecule has 4 nitrogen and oxygen atoms in total. The number of aliphatic imine (C=N–C) groups is 1. The van der Waals surface area contributed by atoms with Crippen LogP contribution in [0, 0.1) is 13.8 Å². The summed E-state index contributed by atoms with van der Waals surface area (Å²) in [6, 6.07) is 0. The first-order valence-corrected chi connectivity index (χ1v) is 8.84. The molecule has 114 valence electrons. The van der Waals surface area contributed by atoms with Crippen molar-refractivity contribution in [3.8, 4) is 0 Å². The number of aryl methyl sites for hydroxylation is 2. The lowest BCUT2D eigenvalue weighted by Crippen LogP contribution is -2.43. The molecule has 0 saturated heterocycles. The number of thioether (sulfide) groups is 1. The van der Waals surface area contributed by atoms with Gasteiger partial charge in [-0.15, -0.1) is 11.3 Å². The van der Waals surface area contributed by atoms with E-state index in [9.17, 15) is 0 Å². The van der Waals surface area contributed by atoms with Gasteiger partial charge in [-0.3, -0.25) is 4.99 Å². The Morgan fingerprint density at radius 1 is 1.35 bits per heavy atom. The highest BCUT2D eigenvalue weighted by atomic mass is 32.2. The van der Waals surface area contributed by atoms with Crippen LogP contribution in [0.4, 0.5) is 0 Å². The molecule has 0 atom stereocenters. The Kier molecular flexibility index (Phi) is 6.82. The lowest BCUT2D eigenvalue weighted by atomic mass is 10.2. The highest BCUT2D eigenvalue weighted by Gasteiger charge is 2.16. The van der Waals surface area contributed by atoms with Crippen LogP contribution < -0.4 is 10.6 Å². The van der Waals surface area contributed by atoms with Crippen LogP contribution in [0.25, 0.3) is 0 Å². The van der Waals surface area contributed by atoms with Crippen molar-refractivity contribution < 1.29 is 0 Å². The maximum atomic E-state index is 4.45. The summed E-state index contributed by atoms with van der Waals surface area (Å²) in [4.78, 5) is 10.1. The Morgan fingerprint density at radius 3 is 2.55 bits per heavy atom. The smallest absolute Gasteiger partial charge is 0.191 e. The molecule has 0 spiro atoms. The molecule has 2 N–H and O–H groups in total. The highest BCUT2D eigenvalue weighted by Crippen LogP contribution is 2.19. The van der Waals surface area contributed by atoms with Gasteiger partial charge >= 0.3 is 0 Å². The normalized spacial score (nSPS) is 12.6. The highest BCUT2D eigenvalue weighted by molar-refractivity contribution is 7.99. The second-order valence-corrected chi connectivity index (χ2v) is 8.11. The van der Waals surface area contributed by atoms with Crippen molar-refractivity contribution in [1.82, 2.24) is 15.6 Å². The van der Waals surface area contributed by atoms with E-state index in [-0.39, 0.29) is 4.75 Å². The number of nitrogens with zero attached hydrogens (tertiary/aromatic N) is 2. The van der Waals surface area contributed by atoms with Gasteiger partial charge in [-0.1, -0.05) is 0 Å². The van der Waals surface area contributed by atoms with Crippen LogP contribution in [0.15, 0.2) is 4.99 Å². The molecule has 0 unspecified atom stereocenters. The topological polar surface area (TPSA) is 49.3 Å². The molecule has 0 aliphatic carbocycles. The third-order valence-corrected chi connectivity index (χ3v) is 5.48. The largest absolute Gasteiger partial charge is 0.356 e. The van der Waals surface area contributed by atoms with Gasteiger partial charge in [-0.05, 0) is 34.0 Å². The van der Waals surface area contributed by atoms with Gasteiger partial charge in [-0.2, -0.15) is 11.8 Å². The first-order valence-electron chi connectivity index (χ1n) is 6.80. The molecule has 0 amide bonds. The van der Waals surface area contributed by atoms with Crippen molar-refractivity contribution >= 4 is 29.1 Å². The van der Waals surface area contributed by atoms with Gasteiger partial charge in [0.1, 0.15) is 0 Å². The van der Waals surface area contributed by atoms with Crippen molar-refractivity contribution in [3.05, 3.63) is 15.6 Å². The van der Waals surface area contributed by atoms with E-state index in [1.165, 1.54) is 4.88 Å². The van der Waals surface area contributed by atoms with E-state index >= 15 is 0 Å². The zero-order valence-electron chi connectivity index (χ0n) is 13.3. The van der Waals surface area contributed by atoms with Crippen LogP contribution in [0.5, 0.6) is 0 Å². The summed E-state index contributed by atoms with van der Waals surface area (Å²) < 4.78 is 0.211. The number of hydrogen-bond acceptors (Lipinski definition) is 4. The molecule has 1 aromatic heterocycles. The lowest BCUT2D eigenvalue weighted by molar-refractivity contribution is 0.664. The summed E-state index contributed by atoms with van der Waals surface area (Å²) >= 11 is 3.63. The number of thiazole rings is 1. The van der Waals surface area contributed by atoms with E-state index in [4.69, 9.17) is 0 Å². The molecule has 1 aromatic rings. The van der Waals surface area contributed by atoms with Crippen molar-refractivity contribution in [2.45, 2.75) is 38.9 Å². The van der Waals surface area contributed by atoms with E-state index in [2.05, 4.69) is 54.6 Å². The van der Waals surface area contributed by atoms with Gasteiger partial charge in [0.05, 0.1) is 10.7 Å². The molecule has 0 bridgehead atoms. The Labute approximate surface area is 130 Å². The lowest BCUT2D eigenvalue weighted by Gasteiger charge is -2.23. The molecule has 0 saturated carbocycles. The van der Waals surface area contributed by atoms with Gasteiger partial charge in [0.2, 0.25) is 0 Å². The van der Waals surface area contributed by atoms with E-state index in [0.29, 0.717) is 0 Å². The van der Waals surface area contributed by atoms with Crippen LogP contribution in [-0.4, -0.2) is 42.1 Å². The van der Waals surface area contributed by atoms with E-state index < -0.39 is 0 Å². The molecule has 1 rings (SSSR count). The SMILES string of the molecule is CN=C(NCCc1sc(C)nc1C)NCC(C)(C)SC. The predicted molar refractivity (Wildman–Crippen MR) is 92.3 cm³/mol. The number of nitrogens with one attached hydrogen (secondary N) is 2. The second-order valence-electron chi connectivity index (χ2n) is 5.31. The molecule has 6 heteroatoms. The van der Waals surface area contributed by atoms with Gasteiger partial charge in [0.25, 0.3) is 0 Å². The van der Waals surface area contributed by atoms with Crippen molar-refractivity contribution in [2.24, 2.45) is 4.99 Å². The van der Waals surface area contributed by atoms with Gasteiger partial charge in [0, 0.05) is 36.2 Å². The van der Waals surface area contributed by atoms with Gasteiger partial charge in [-0.25, -0.2) is 4.98 Å². The van der Waals surface area contributed by atoms with E-state index in [1.54, 1.807) is 11.3 Å².